The van der Waals surface area contributed by atoms with Crippen LogP contribution in [0.25, 0.3) is 0 Å². The van der Waals surface area contributed by atoms with E-state index in [2.05, 4.69) is 48.7 Å². The Morgan fingerprint density at radius 3 is 2.73 bits per heavy atom. The van der Waals surface area contributed by atoms with Crippen LogP contribution >= 0.6 is 34.4 Å². The van der Waals surface area contributed by atoms with Gasteiger partial charge in [-0.3, -0.25) is 4.79 Å². The molecule has 3 rings (SSSR count). The third-order valence-electron chi connectivity index (χ3n) is 3.54. The van der Waals surface area contributed by atoms with Crippen LogP contribution in [0.5, 0.6) is 0 Å². The summed E-state index contributed by atoms with van der Waals surface area (Å²) in [5.74, 6) is 2.60. The normalized spacial score (nSPS) is 14.0. The van der Waals surface area contributed by atoms with Gasteiger partial charge in [-0.1, -0.05) is 12.1 Å². The number of thioether (sulfide) groups is 1. The van der Waals surface area contributed by atoms with E-state index in [1.807, 2.05) is 40.7 Å². The zero-order valence-corrected chi connectivity index (χ0v) is 15.8. The molecular formula is C16H18IN3OS. The van der Waals surface area contributed by atoms with E-state index in [-0.39, 0.29) is 11.4 Å². The molecule has 0 fully saturated rings. The predicted molar refractivity (Wildman–Crippen MR) is 99.3 cm³/mol. The molecule has 0 atom stereocenters. The van der Waals surface area contributed by atoms with E-state index in [9.17, 15) is 4.79 Å². The molecule has 116 valence electrons. The van der Waals surface area contributed by atoms with Gasteiger partial charge in [-0.2, -0.15) is 16.9 Å². The molecule has 1 aliphatic rings. The Morgan fingerprint density at radius 1 is 1.32 bits per heavy atom. The fraction of sp³-hybridized carbons (Fsp3) is 0.375. The summed E-state index contributed by atoms with van der Waals surface area (Å²) in [6.07, 6.45) is 0. The highest BCUT2D eigenvalue weighted by molar-refractivity contribution is 14.1. The number of aromatic nitrogens is 2. The number of carbonyl (C=O) groups excluding carboxylic acids is 1. The highest BCUT2D eigenvalue weighted by Crippen LogP contribution is 2.37. The van der Waals surface area contributed by atoms with Gasteiger partial charge < -0.3 is 5.32 Å². The predicted octanol–water partition coefficient (Wildman–Crippen LogP) is 4.24. The SMILES string of the molecule is CC(C)(C)n1nc2c(c1NC(=O)c1ccccc1I)CSC2. The van der Waals surface area contributed by atoms with Gasteiger partial charge in [0, 0.05) is 20.6 Å². The Kier molecular flexibility index (Phi) is 4.24. The van der Waals surface area contributed by atoms with Crippen molar-refractivity contribution in [3.05, 3.63) is 44.7 Å². The van der Waals surface area contributed by atoms with E-state index < -0.39 is 0 Å². The number of carbonyl (C=O) groups is 1. The van der Waals surface area contributed by atoms with Crippen LogP contribution in [0.15, 0.2) is 24.3 Å². The summed E-state index contributed by atoms with van der Waals surface area (Å²) in [4.78, 5) is 12.6. The zero-order valence-electron chi connectivity index (χ0n) is 12.8. The minimum Gasteiger partial charge on any atom is -0.306 e. The molecule has 0 aliphatic carbocycles. The highest BCUT2D eigenvalue weighted by Gasteiger charge is 2.29. The van der Waals surface area contributed by atoms with Crippen molar-refractivity contribution in [2.24, 2.45) is 0 Å². The second-order valence-electron chi connectivity index (χ2n) is 6.28. The number of fused-ring (bicyclic) bond motifs is 1. The molecule has 1 aromatic carbocycles. The first-order valence-corrected chi connectivity index (χ1v) is 9.36. The van der Waals surface area contributed by atoms with Crippen LogP contribution in [0.4, 0.5) is 5.82 Å². The van der Waals surface area contributed by atoms with Crippen LogP contribution in [-0.4, -0.2) is 15.7 Å². The Balaban J connectivity index is 1.99. The van der Waals surface area contributed by atoms with Crippen molar-refractivity contribution in [2.45, 2.75) is 37.8 Å². The van der Waals surface area contributed by atoms with E-state index in [4.69, 9.17) is 5.10 Å². The van der Waals surface area contributed by atoms with Crippen molar-refractivity contribution >= 4 is 46.1 Å². The summed E-state index contributed by atoms with van der Waals surface area (Å²) in [6, 6.07) is 7.62. The van der Waals surface area contributed by atoms with E-state index in [1.54, 1.807) is 0 Å². The van der Waals surface area contributed by atoms with Crippen LogP contribution in [0.2, 0.25) is 0 Å². The van der Waals surface area contributed by atoms with E-state index in [0.29, 0.717) is 5.56 Å². The molecule has 22 heavy (non-hydrogen) atoms. The lowest BCUT2D eigenvalue weighted by atomic mass is 10.1. The second kappa shape index (κ2) is 5.88. The van der Waals surface area contributed by atoms with Crippen LogP contribution in [0.1, 0.15) is 42.4 Å². The molecule has 0 unspecified atom stereocenters. The molecule has 1 aromatic heterocycles. The lowest BCUT2D eigenvalue weighted by molar-refractivity contribution is 0.102. The maximum Gasteiger partial charge on any atom is 0.257 e. The van der Waals surface area contributed by atoms with Crippen molar-refractivity contribution in [3.63, 3.8) is 0 Å². The first-order valence-electron chi connectivity index (χ1n) is 7.13. The fourth-order valence-electron chi connectivity index (χ4n) is 2.45. The van der Waals surface area contributed by atoms with Gasteiger partial charge in [0.2, 0.25) is 0 Å². The fourth-order valence-corrected chi connectivity index (χ4v) is 4.11. The van der Waals surface area contributed by atoms with E-state index in [1.165, 1.54) is 5.56 Å². The minimum atomic E-state index is -0.165. The maximum absolute atomic E-state index is 12.6. The number of benzene rings is 1. The number of hydrogen-bond acceptors (Lipinski definition) is 3. The maximum atomic E-state index is 12.6. The van der Waals surface area contributed by atoms with Gasteiger partial charge in [-0.15, -0.1) is 0 Å². The zero-order chi connectivity index (χ0) is 15.9. The number of halogens is 1. The number of hydrogen-bond donors (Lipinski definition) is 1. The highest BCUT2D eigenvalue weighted by atomic mass is 127. The van der Waals surface area contributed by atoms with E-state index >= 15 is 0 Å². The molecule has 1 aliphatic heterocycles. The van der Waals surface area contributed by atoms with Gasteiger partial charge in [0.05, 0.1) is 16.8 Å². The standard InChI is InChI=1S/C16H18IN3OS/c1-16(2,3)20-14(11-8-22-9-13(11)19-20)18-15(21)10-6-4-5-7-12(10)17/h4-7H,8-9H2,1-3H3,(H,18,21). The quantitative estimate of drug-likeness (QED) is 0.730. The molecule has 0 spiro atoms. The van der Waals surface area contributed by atoms with Gasteiger partial charge in [0.15, 0.2) is 0 Å². The average molecular weight is 427 g/mol. The summed E-state index contributed by atoms with van der Waals surface area (Å²) in [7, 11) is 0. The van der Waals surface area contributed by atoms with Crippen LogP contribution in [0.3, 0.4) is 0 Å². The molecule has 0 radical (unpaired) electrons. The summed E-state index contributed by atoms with van der Waals surface area (Å²) >= 11 is 4.03. The Bertz CT molecular complexity index is 733. The number of amides is 1. The van der Waals surface area contributed by atoms with Crippen molar-refractivity contribution in [2.75, 3.05) is 5.32 Å². The van der Waals surface area contributed by atoms with Crippen molar-refractivity contribution in [1.29, 1.82) is 0 Å². The van der Waals surface area contributed by atoms with Crippen LogP contribution in [-0.2, 0) is 17.0 Å². The van der Waals surface area contributed by atoms with E-state index in [0.717, 1.165) is 26.6 Å². The third kappa shape index (κ3) is 2.90. The third-order valence-corrected chi connectivity index (χ3v) is 5.45. The lowest BCUT2D eigenvalue weighted by Gasteiger charge is -2.23. The topological polar surface area (TPSA) is 46.9 Å². The van der Waals surface area contributed by atoms with Gasteiger partial charge in [0.25, 0.3) is 5.91 Å². The van der Waals surface area contributed by atoms with Gasteiger partial charge >= 0.3 is 0 Å². The molecule has 4 nitrogen and oxygen atoms in total. The van der Waals surface area contributed by atoms with Crippen LogP contribution in [0, 0.1) is 3.57 Å². The second-order valence-corrected chi connectivity index (χ2v) is 8.43. The summed E-state index contributed by atoms with van der Waals surface area (Å²) in [6.45, 7) is 6.30. The molecule has 2 heterocycles. The number of nitrogens with zero attached hydrogens (tertiary/aromatic N) is 2. The Morgan fingerprint density at radius 2 is 2.05 bits per heavy atom. The summed E-state index contributed by atoms with van der Waals surface area (Å²) < 4.78 is 2.90. The molecule has 6 heteroatoms. The molecule has 0 saturated carbocycles. The van der Waals surface area contributed by atoms with Gasteiger partial charge in [-0.05, 0) is 55.5 Å². The average Bonchev–Trinajstić information content (AvgIpc) is 3.01. The van der Waals surface area contributed by atoms with Gasteiger partial charge in [-0.25, -0.2) is 4.68 Å². The minimum absolute atomic E-state index is 0.0740. The van der Waals surface area contributed by atoms with Crippen molar-refractivity contribution in [1.82, 2.24) is 9.78 Å². The molecule has 0 bridgehead atoms. The number of anilines is 1. The molecule has 1 amide bonds. The summed E-state index contributed by atoms with van der Waals surface area (Å²) in [5, 5.41) is 7.81. The van der Waals surface area contributed by atoms with Crippen LogP contribution < -0.4 is 5.32 Å². The Labute approximate surface area is 148 Å². The van der Waals surface area contributed by atoms with Crippen molar-refractivity contribution in [3.8, 4) is 0 Å². The monoisotopic (exact) mass is 427 g/mol. The van der Waals surface area contributed by atoms with Gasteiger partial charge in [0.1, 0.15) is 5.82 Å². The first-order chi connectivity index (χ1) is 10.4. The Hall–Kier alpha value is -1.02. The first kappa shape index (κ1) is 15.9. The number of rotatable bonds is 2. The molecule has 0 saturated heterocycles. The molecule has 1 N–H and O–H groups in total. The largest absolute Gasteiger partial charge is 0.306 e. The molecular weight excluding hydrogens is 409 g/mol. The number of nitrogens with one attached hydrogen (secondary N) is 1. The molecule has 2 aromatic rings. The smallest absolute Gasteiger partial charge is 0.257 e. The summed E-state index contributed by atoms with van der Waals surface area (Å²) in [5.41, 5.74) is 2.79. The lowest BCUT2D eigenvalue weighted by Crippen LogP contribution is -2.27. The van der Waals surface area contributed by atoms with Crippen molar-refractivity contribution < 1.29 is 4.79 Å².